The van der Waals surface area contributed by atoms with Gasteiger partial charge in [-0.15, -0.1) is 11.3 Å². The maximum Gasteiger partial charge on any atom is 0.280 e. The van der Waals surface area contributed by atoms with E-state index in [-0.39, 0.29) is 5.91 Å². The van der Waals surface area contributed by atoms with Crippen molar-refractivity contribution in [1.29, 1.82) is 0 Å². The fourth-order valence-corrected chi connectivity index (χ4v) is 3.38. The zero-order valence-corrected chi connectivity index (χ0v) is 12.8. The third-order valence-electron chi connectivity index (χ3n) is 3.75. The monoisotopic (exact) mass is 302 g/mol. The van der Waals surface area contributed by atoms with Crippen LogP contribution in [0.2, 0.25) is 0 Å². The summed E-state index contributed by atoms with van der Waals surface area (Å²) in [4.78, 5) is 16.4. The molecule has 1 aliphatic rings. The number of thiazole rings is 1. The average molecular weight is 302 g/mol. The maximum absolute atomic E-state index is 12.2. The van der Waals surface area contributed by atoms with E-state index in [1.54, 1.807) is 0 Å². The lowest BCUT2D eigenvalue weighted by Crippen LogP contribution is -2.40. The van der Waals surface area contributed by atoms with Crippen molar-refractivity contribution in [2.24, 2.45) is 0 Å². The van der Waals surface area contributed by atoms with E-state index < -0.39 is 5.60 Å². The highest BCUT2D eigenvalue weighted by Gasteiger charge is 2.37. The summed E-state index contributed by atoms with van der Waals surface area (Å²) in [6.45, 7) is 3.11. The summed E-state index contributed by atoms with van der Waals surface area (Å²) < 4.78 is 5.99. The Morgan fingerprint density at radius 3 is 2.86 bits per heavy atom. The van der Waals surface area contributed by atoms with Gasteiger partial charge in [0.15, 0.2) is 5.01 Å². The van der Waals surface area contributed by atoms with Gasteiger partial charge in [0, 0.05) is 17.7 Å². The van der Waals surface area contributed by atoms with E-state index in [1.807, 2.05) is 30.5 Å². The van der Waals surface area contributed by atoms with E-state index >= 15 is 0 Å². The zero-order chi connectivity index (χ0) is 14.7. The molecule has 1 fully saturated rings. The number of rotatable bonds is 4. The van der Waals surface area contributed by atoms with Crippen LogP contribution in [0.1, 0.15) is 33.9 Å². The van der Waals surface area contributed by atoms with Crippen LogP contribution < -0.4 is 5.32 Å². The van der Waals surface area contributed by atoms with Crippen LogP contribution in [0.5, 0.6) is 0 Å². The lowest BCUT2D eigenvalue weighted by Gasteiger charge is -2.29. The molecule has 110 valence electrons. The Hall–Kier alpha value is -1.72. The smallest absolute Gasteiger partial charge is 0.280 e. The number of amides is 1. The molecule has 3 rings (SSSR count). The molecule has 0 saturated carbocycles. The van der Waals surface area contributed by atoms with Gasteiger partial charge in [0.25, 0.3) is 5.91 Å². The van der Waals surface area contributed by atoms with Crippen LogP contribution in [0, 0.1) is 6.92 Å². The van der Waals surface area contributed by atoms with Crippen molar-refractivity contribution < 1.29 is 9.53 Å². The number of nitrogens with zero attached hydrogens (tertiary/aromatic N) is 1. The van der Waals surface area contributed by atoms with Crippen LogP contribution in [-0.4, -0.2) is 24.0 Å². The molecule has 1 aromatic heterocycles. The van der Waals surface area contributed by atoms with Crippen LogP contribution >= 0.6 is 11.3 Å². The molecule has 1 atom stereocenters. The highest BCUT2D eigenvalue weighted by atomic mass is 32.1. The van der Waals surface area contributed by atoms with Crippen molar-refractivity contribution in [3.63, 3.8) is 0 Å². The fraction of sp³-hybridized carbons (Fsp3) is 0.375. The van der Waals surface area contributed by atoms with E-state index in [2.05, 4.69) is 22.4 Å². The van der Waals surface area contributed by atoms with Crippen molar-refractivity contribution in [1.82, 2.24) is 10.3 Å². The number of hydrogen-bond donors (Lipinski definition) is 1. The molecule has 1 unspecified atom stereocenters. The van der Waals surface area contributed by atoms with Crippen molar-refractivity contribution in [3.8, 4) is 0 Å². The molecule has 0 spiro atoms. The Bertz CT molecular complexity index is 618. The van der Waals surface area contributed by atoms with Gasteiger partial charge in [-0.1, -0.05) is 30.3 Å². The first-order valence-corrected chi connectivity index (χ1v) is 7.97. The van der Waals surface area contributed by atoms with E-state index in [0.717, 1.165) is 30.7 Å². The van der Waals surface area contributed by atoms with Crippen molar-refractivity contribution in [3.05, 3.63) is 52.0 Å². The summed E-state index contributed by atoms with van der Waals surface area (Å²) in [6, 6.07) is 10.1. The Kier molecular flexibility index (Phi) is 4.03. The summed E-state index contributed by atoms with van der Waals surface area (Å²) in [6.07, 6.45) is 1.94. The Morgan fingerprint density at radius 2 is 2.24 bits per heavy atom. The van der Waals surface area contributed by atoms with Gasteiger partial charge in [0.05, 0.1) is 6.54 Å². The van der Waals surface area contributed by atoms with Crippen molar-refractivity contribution >= 4 is 17.2 Å². The molecule has 0 bridgehead atoms. The number of carbonyl (C=O) groups is 1. The van der Waals surface area contributed by atoms with Gasteiger partial charge in [0.2, 0.25) is 0 Å². The molecular formula is C16H18N2O2S. The minimum Gasteiger partial charge on any atom is -0.368 e. The van der Waals surface area contributed by atoms with Crippen molar-refractivity contribution in [2.75, 3.05) is 13.2 Å². The summed E-state index contributed by atoms with van der Waals surface area (Å²) in [5.41, 5.74) is 1.60. The van der Waals surface area contributed by atoms with Crippen molar-refractivity contribution in [2.45, 2.75) is 25.4 Å². The highest BCUT2D eigenvalue weighted by molar-refractivity contribution is 7.11. The van der Waals surface area contributed by atoms with Crippen LogP contribution in [0.15, 0.2) is 35.7 Å². The number of aryl methyl sites for hydroxylation is 1. The molecular weight excluding hydrogens is 284 g/mol. The molecule has 2 heterocycles. The molecule has 21 heavy (non-hydrogen) atoms. The Morgan fingerprint density at radius 1 is 1.43 bits per heavy atom. The maximum atomic E-state index is 12.2. The van der Waals surface area contributed by atoms with Crippen LogP contribution in [0.25, 0.3) is 0 Å². The predicted octanol–water partition coefficient (Wildman–Crippen LogP) is 2.89. The van der Waals surface area contributed by atoms with Gasteiger partial charge in [-0.25, -0.2) is 4.98 Å². The predicted molar refractivity (Wildman–Crippen MR) is 82.5 cm³/mol. The lowest BCUT2D eigenvalue weighted by atomic mass is 9.90. The standard InChI is InChI=1S/C16H18N2O2S/c1-12-10-21-15(18-12)14(19)17-11-16(8-5-9-20-16)13-6-3-2-4-7-13/h2-4,6-7,10H,5,8-9,11H2,1H3,(H,17,19). The molecule has 0 radical (unpaired) electrons. The van der Waals surface area contributed by atoms with E-state index in [9.17, 15) is 4.79 Å². The van der Waals surface area contributed by atoms with Gasteiger partial charge in [0.1, 0.15) is 5.60 Å². The number of benzene rings is 1. The lowest BCUT2D eigenvalue weighted by molar-refractivity contribution is 0.00135. The summed E-state index contributed by atoms with van der Waals surface area (Å²) in [5, 5.41) is 5.37. The highest BCUT2D eigenvalue weighted by Crippen LogP contribution is 2.35. The summed E-state index contributed by atoms with van der Waals surface area (Å²) in [7, 11) is 0. The molecule has 1 N–H and O–H groups in total. The number of carbonyl (C=O) groups excluding carboxylic acids is 1. The summed E-state index contributed by atoms with van der Waals surface area (Å²) in [5.74, 6) is -0.126. The number of ether oxygens (including phenoxy) is 1. The summed E-state index contributed by atoms with van der Waals surface area (Å²) >= 11 is 1.37. The molecule has 2 aromatic rings. The first-order valence-electron chi connectivity index (χ1n) is 7.09. The second-order valence-corrected chi connectivity index (χ2v) is 6.15. The number of nitrogens with one attached hydrogen (secondary N) is 1. The molecule has 1 aromatic carbocycles. The van der Waals surface area contributed by atoms with Gasteiger partial charge >= 0.3 is 0 Å². The topological polar surface area (TPSA) is 51.2 Å². The first kappa shape index (κ1) is 14.2. The van der Waals surface area contributed by atoms with Crippen LogP contribution in [-0.2, 0) is 10.3 Å². The molecule has 0 aliphatic carbocycles. The van der Waals surface area contributed by atoms with E-state index in [4.69, 9.17) is 4.74 Å². The number of hydrogen-bond acceptors (Lipinski definition) is 4. The quantitative estimate of drug-likeness (QED) is 0.945. The molecule has 5 heteroatoms. The molecule has 4 nitrogen and oxygen atoms in total. The van der Waals surface area contributed by atoms with Gasteiger partial charge in [-0.3, -0.25) is 4.79 Å². The van der Waals surface area contributed by atoms with E-state index in [1.165, 1.54) is 11.3 Å². The van der Waals surface area contributed by atoms with Gasteiger partial charge in [-0.05, 0) is 25.3 Å². The second-order valence-electron chi connectivity index (χ2n) is 5.29. The molecule has 1 saturated heterocycles. The third kappa shape index (κ3) is 2.99. The molecule has 1 aliphatic heterocycles. The average Bonchev–Trinajstić information content (AvgIpc) is 3.16. The minimum atomic E-state index is -0.400. The first-order chi connectivity index (χ1) is 10.2. The normalized spacial score (nSPS) is 21.4. The molecule has 1 amide bonds. The Balaban J connectivity index is 1.73. The van der Waals surface area contributed by atoms with Gasteiger partial charge in [-0.2, -0.15) is 0 Å². The fourth-order valence-electron chi connectivity index (χ4n) is 2.67. The Labute approximate surface area is 128 Å². The third-order valence-corrected chi connectivity index (χ3v) is 4.71. The SMILES string of the molecule is Cc1csc(C(=O)NCC2(c3ccccc3)CCCO2)n1. The zero-order valence-electron chi connectivity index (χ0n) is 12.0. The largest absolute Gasteiger partial charge is 0.368 e. The minimum absolute atomic E-state index is 0.126. The number of aromatic nitrogens is 1. The second kappa shape index (κ2) is 5.95. The van der Waals surface area contributed by atoms with Gasteiger partial charge < -0.3 is 10.1 Å². The van der Waals surface area contributed by atoms with Crippen LogP contribution in [0.4, 0.5) is 0 Å². The van der Waals surface area contributed by atoms with E-state index in [0.29, 0.717) is 11.6 Å². The van der Waals surface area contributed by atoms with Crippen LogP contribution in [0.3, 0.4) is 0 Å².